The number of para-hydroxylation sites is 1. The largest absolute Gasteiger partial charge is 0.379 e. The average molecular weight is 337 g/mol. The Morgan fingerprint density at radius 1 is 1.17 bits per heavy atom. The lowest BCUT2D eigenvalue weighted by Gasteiger charge is -2.19. The first-order valence-corrected chi connectivity index (χ1v) is 8.43. The molecule has 2 aromatic carbocycles. The van der Waals surface area contributed by atoms with Crippen LogP contribution in [0.5, 0.6) is 0 Å². The predicted octanol–water partition coefficient (Wildman–Crippen LogP) is 3.82. The van der Waals surface area contributed by atoms with Gasteiger partial charge in [0.15, 0.2) is 5.13 Å². The summed E-state index contributed by atoms with van der Waals surface area (Å²) in [6.45, 7) is 1.75. The van der Waals surface area contributed by atoms with Gasteiger partial charge >= 0.3 is 0 Å². The van der Waals surface area contributed by atoms with E-state index in [9.17, 15) is 4.79 Å². The van der Waals surface area contributed by atoms with Crippen LogP contribution in [0.25, 0.3) is 10.2 Å². The van der Waals surface area contributed by atoms with Crippen molar-refractivity contribution in [1.82, 2.24) is 4.98 Å². The highest BCUT2D eigenvalue weighted by atomic mass is 32.1. The van der Waals surface area contributed by atoms with Gasteiger partial charge in [0.05, 0.1) is 15.9 Å². The van der Waals surface area contributed by atoms with E-state index in [1.165, 1.54) is 11.3 Å². The summed E-state index contributed by atoms with van der Waals surface area (Å²) < 4.78 is 1.03. The summed E-state index contributed by atoms with van der Waals surface area (Å²) in [5.41, 5.74) is 1.59. The van der Waals surface area contributed by atoms with Crippen molar-refractivity contribution in [3.05, 3.63) is 60.2 Å². The molecule has 5 nitrogen and oxygen atoms in total. The van der Waals surface area contributed by atoms with Gasteiger partial charge in [0.1, 0.15) is 0 Å². The van der Waals surface area contributed by atoms with Gasteiger partial charge in [-0.2, -0.15) is 0 Å². The molecule has 1 N–H and O–H groups in total. The number of oxime groups is 1. The molecule has 6 heteroatoms. The maximum absolute atomic E-state index is 12.6. The molecule has 0 saturated heterocycles. The number of benzene rings is 2. The second kappa shape index (κ2) is 5.72. The van der Waals surface area contributed by atoms with Crippen LogP contribution < -0.4 is 5.32 Å². The van der Waals surface area contributed by atoms with E-state index in [2.05, 4.69) is 15.5 Å². The number of hydrogen-bond donors (Lipinski definition) is 1. The Labute approximate surface area is 143 Å². The van der Waals surface area contributed by atoms with Crippen LogP contribution in [0.3, 0.4) is 0 Å². The molecule has 3 aromatic rings. The number of carbonyl (C=O) groups is 1. The molecule has 1 aromatic heterocycles. The first-order valence-electron chi connectivity index (χ1n) is 7.62. The number of thiazole rings is 1. The van der Waals surface area contributed by atoms with Crippen molar-refractivity contribution in [3.63, 3.8) is 0 Å². The van der Waals surface area contributed by atoms with E-state index in [1.807, 2.05) is 54.6 Å². The summed E-state index contributed by atoms with van der Waals surface area (Å²) in [7, 11) is 0. The summed E-state index contributed by atoms with van der Waals surface area (Å²) in [5.74, 6) is -0.240. The highest BCUT2D eigenvalue weighted by Gasteiger charge is 2.42. The van der Waals surface area contributed by atoms with Crippen LogP contribution in [-0.2, 0) is 9.63 Å². The number of nitrogens with zero attached hydrogens (tertiary/aromatic N) is 2. The normalized spacial score (nSPS) is 19.8. The first-order chi connectivity index (χ1) is 11.6. The third-order valence-corrected chi connectivity index (χ3v) is 4.92. The molecule has 2 heterocycles. The standard InChI is InChI=1S/C18H15N3O2S/c1-18(11-14(21-23-18)12-7-3-2-4-8-12)16(22)20-17-19-13-9-5-6-10-15(13)24-17/h2-10H,11H2,1H3,(H,19,20,22)/t18-/m0/s1. The smallest absolute Gasteiger partial charge is 0.273 e. The molecule has 0 unspecified atom stereocenters. The Kier molecular flexibility index (Phi) is 3.54. The number of anilines is 1. The first kappa shape index (κ1) is 14.8. The molecule has 1 atom stereocenters. The summed E-state index contributed by atoms with van der Waals surface area (Å²) in [6, 6.07) is 17.5. The molecular formula is C18H15N3O2S. The molecule has 1 amide bonds. The number of amides is 1. The lowest BCUT2D eigenvalue weighted by atomic mass is 9.95. The van der Waals surface area contributed by atoms with Gasteiger partial charge in [0, 0.05) is 6.42 Å². The van der Waals surface area contributed by atoms with Gasteiger partial charge in [0.25, 0.3) is 5.91 Å². The molecule has 120 valence electrons. The third kappa shape index (κ3) is 2.65. The molecule has 0 fully saturated rings. The minimum absolute atomic E-state index is 0.240. The van der Waals surface area contributed by atoms with E-state index in [-0.39, 0.29) is 5.91 Å². The Hall–Kier alpha value is -2.73. The molecule has 0 spiro atoms. The lowest BCUT2D eigenvalue weighted by molar-refractivity contribution is -0.135. The Morgan fingerprint density at radius 2 is 1.92 bits per heavy atom. The van der Waals surface area contributed by atoms with Crippen LogP contribution in [-0.4, -0.2) is 22.2 Å². The van der Waals surface area contributed by atoms with Crippen LogP contribution in [0.1, 0.15) is 18.9 Å². The van der Waals surface area contributed by atoms with Crippen molar-refractivity contribution in [2.24, 2.45) is 5.16 Å². The van der Waals surface area contributed by atoms with Crippen LogP contribution in [0.4, 0.5) is 5.13 Å². The molecule has 0 saturated carbocycles. The molecule has 24 heavy (non-hydrogen) atoms. The molecule has 0 bridgehead atoms. The molecular weight excluding hydrogens is 322 g/mol. The van der Waals surface area contributed by atoms with Crippen molar-refractivity contribution < 1.29 is 9.63 Å². The quantitative estimate of drug-likeness (QED) is 0.790. The molecule has 1 aliphatic rings. The van der Waals surface area contributed by atoms with Crippen LogP contribution in [0.2, 0.25) is 0 Å². The third-order valence-electron chi connectivity index (χ3n) is 3.96. The maximum Gasteiger partial charge on any atom is 0.273 e. The number of fused-ring (bicyclic) bond motifs is 1. The van der Waals surface area contributed by atoms with Crippen LogP contribution in [0, 0.1) is 0 Å². The van der Waals surface area contributed by atoms with Gasteiger partial charge in [-0.3, -0.25) is 10.1 Å². The maximum atomic E-state index is 12.6. The van der Waals surface area contributed by atoms with Gasteiger partial charge < -0.3 is 4.84 Å². The highest BCUT2D eigenvalue weighted by molar-refractivity contribution is 7.22. The van der Waals surface area contributed by atoms with Gasteiger partial charge in [-0.1, -0.05) is 59.0 Å². The van der Waals surface area contributed by atoms with Crippen molar-refractivity contribution in [2.75, 3.05) is 5.32 Å². The topological polar surface area (TPSA) is 63.6 Å². The zero-order valence-corrected chi connectivity index (χ0v) is 13.8. The second-order valence-electron chi connectivity index (χ2n) is 5.84. The minimum Gasteiger partial charge on any atom is -0.379 e. The fourth-order valence-corrected chi connectivity index (χ4v) is 3.46. The second-order valence-corrected chi connectivity index (χ2v) is 6.87. The Bertz CT molecular complexity index is 903. The Balaban J connectivity index is 1.50. The minimum atomic E-state index is -1.02. The zero-order chi connectivity index (χ0) is 16.6. The van der Waals surface area contributed by atoms with Crippen molar-refractivity contribution in [2.45, 2.75) is 18.9 Å². The average Bonchev–Trinajstić information content (AvgIpc) is 3.19. The van der Waals surface area contributed by atoms with Crippen molar-refractivity contribution in [3.8, 4) is 0 Å². The predicted molar refractivity (Wildman–Crippen MR) is 95.3 cm³/mol. The van der Waals surface area contributed by atoms with E-state index in [4.69, 9.17) is 4.84 Å². The number of nitrogens with one attached hydrogen (secondary N) is 1. The fraction of sp³-hybridized carbons (Fsp3) is 0.167. The van der Waals surface area contributed by atoms with Gasteiger partial charge in [-0.15, -0.1) is 0 Å². The summed E-state index contributed by atoms with van der Waals surface area (Å²) in [4.78, 5) is 22.5. The van der Waals surface area contributed by atoms with E-state index >= 15 is 0 Å². The van der Waals surface area contributed by atoms with E-state index in [1.54, 1.807) is 6.92 Å². The Morgan fingerprint density at radius 3 is 2.71 bits per heavy atom. The number of aromatic nitrogens is 1. The van der Waals surface area contributed by atoms with E-state index in [0.29, 0.717) is 11.6 Å². The van der Waals surface area contributed by atoms with Gasteiger partial charge in [0.2, 0.25) is 5.60 Å². The molecule has 4 rings (SSSR count). The molecule has 0 radical (unpaired) electrons. The zero-order valence-electron chi connectivity index (χ0n) is 13.0. The van der Waals surface area contributed by atoms with Crippen molar-refractivity contribution >= 4 is 38.3 Å². The van der Waals surface area contributed by atoms with Gasteiger partial charge in [-0.25, -0.2) is 4.98 Å². The summed E-state index contributed by atoms with van der Waals surface area (Å²) in [6.07, 6.45) is 0.424. The summed E-state index contributed by atoms with van der Waals surface area (Å²) in [5, 5.41) is 7.53. The fourth-order valence-electron chi connectivity index (χ4n) is 2.60. The summed E-state index contributed by atoms with van der Waals surface area (Å²) >= 11 is 1.44. The van der Waals surface area contributed by atoms with Crippen molar-refractivity contribution in [1.29, 1.82) is 0 Å². The number of carbonyl (C=O) groups excluding carboxylic acids is 1. The highest BCUT2D eigenvalue weighted by Crippen LogP contribution is 2.30. The molecule has 1 aliphatic heterocycles. The number of hydrogen-bond acceptors (Lipinski definition) is 5. The SMILES string of the molecule is C[C@@]1(C(=O)Nc2nc3ccccc3s2)CC(c2ccccc2)=NO1. The lowest BCUT2D eigenvalue weighted by Crippen LogP contribution is -2.40. The van der Waals surface area contributed by atoms with Crippen LogP contribution >= 0.6 is 11.3 Å². The number of rotatable bonds is 3. The monoisotopic (exact) mass is 337 g/mol. The van der Waals surface area contributed by atoms with Gasteiger partial charge in [-0.05, 0) is 24.6 Å². The van der Waals surface area contributed by atoms with E-state index < -0.39 is 5.60 Å². The molecule has 0 aliphatic carbocycles. The van der Waals surface area contributed by atoms with E-state index in [0.717, 1.165) is 21.5 Å². The van der Waals surface area contributed by atoms with Crippen LogP contribution in [0.15, 0.2) is 59.8 Å².